The van der Waals surface area contributed by atoms with Crippen LogP contribution in [0.1, 0.15) is 15.2 Å². The molecule has 0 unspecified atom stereocenters. The number of fused-ring (bicyclic) bond motifs is 1. The molecule has 0 atom stereocenters. The van der Waals surface area contributed by atoms with E-state index in [4.69, 9.17) is 16.3 Å². The van der Waals surface area contributed by atoms with Crippen molar-refractivity contribution in [2.45, 2.75) is 6.61 Å². The van der Waals surface area contributed by atoms with Gasteiger partial charge in [-0.2, -0.15) is 0 Å². The third-order valence-corrected chi connectivity index (χ3v) is 4.73. The minimum absolute atomic E-state index is 0.152. The van der Waals surface area contributed by atoms with Gasteiger partial charge < -0.3 is 4.74 Å². The summed E-state index contributed by atoms with van der Waals surface area (Å²) in [5, 5.41) is 1.13. The van der Waals surface area contributed by atoms with Crippen LogP contribution in [0.5, 0.6) is 0 Å². The number of benzene rings is 2. The third kappa shape index (κ3) is 2.82. The van der Waals surface area contributed by atoms with E-state index >= 15 is 0 Å². The fourth-order valence-electron chi connectivity index (χ4n) is 1.99. The average Bonchev–Trinajstić information content (AvgIpc) is 2.86. The van der Waals surface area contributed by atoms with Crippen molar-refractivity contribution >= 4 is 39.0 Å². The summed E-state index contributed by atoms with van der Waals surface area (Å²) in [5.41, 5.74) is 0.365. The van der Waals surface area contributed by atoms with Crippen LogP contribution in [0.4, 0.5) is 8.78 Å². The molecule has 0 aliphatic heterocycles. The molecule has 2 aromatic carbocycles. The summed E-state index contributed by atoms with van der Waals surface area (Å²) in [4.78, 5) is 12.4. The van der Waals surface area contributed by atoms with Crippen molar-refractivity contribution in [3.05, 3.63) is 69.6 Å². The summed E-state index contributed by atoms with van der Waals surface area (Å²) in [6.07, 6.45) is 0. The summed E-state index contributed by atoms with van der Waals surface area (Å²) >= 11 is 7.41. The minimum Gasteiger partial charge on any atom is -0.457 e. The molecule has 112 valence electrons. The van der Waals surface area contributed by atoms with Gasteiger partial charge >= 0.3 is 5.97 Å². The van der Waals surface area contributed by atoms with Crippen LogP contribution in [-0.2, 0) is 11.3 Å². The molecule has 0 aliphatic rings. The Bertz CT molecular complexity index is 860. The third-order valence-electron chi connectivity index (χ3n) is 3.07. The Labute approximate surface area is 133 Å². The van der Waals surface area contributed by atoms with E-state index in [9.17, 15) is 13.6 Å². The zero-order valence-corrected chi connectivity index (χ0v) is 12.7. The molecule has 0 amide bonds. The Morgan fingerprint density at radius 3 is 2.64 bits per heavy atom. The van der Waals surface area contributed by atoms with Crippen LogP contribution >= 0.6 is 22.9 Å². The Morgan fingerprint density at radius 2 is 1.91 bits per heavy atom. The predicted molar refractivity (Wildman–Crippen MR) is 82.3 cm³/mol. The molecule has 0 N–H and O–H groups in total. The van der Waals surface area contributed by atoms with Gasteiger partial charge in [0.1, 0.15) is 11.5 Å². The van der Waals surface area contributed by atoms with Gasteiger partial charge in [0.05, 0.1) is 5.02 Å². The number of ether oxygens (including phenoxy) is 1. The van der Waals surface area contributed by atoms with Crippen molar-refractivity contribution in [3.63, 3.8) is 0 Å². The van der Waals surface area contributed by atoms with Crippen LogP contribution in [0, 0.1) is 11.6 Å². The fraction of sp³-hybridized carbons (Fsp3) is 0.0625. The number of hydrogen-bond acceptors (Lipinski definition) is 3. The Morgan fingerprint density at radius 1 is 1.14 bits per heavy atom. The number of hydrogen-bond donors (Lipinski definition) is 0. The largest absolute Gasteiger partial charge is 0.457 e. The molecule has 1 aromatic heterocycles. The van der Waals surface area contributed by atoms with Gasteiger partial charge in [-0.1, -0.05) is 35.9 Å². The molecule has 1 heterocycles. The van der Waals surface area contributed by atoms with E-state index in [1.165, 1.54) is 17.4 Å². The lowest BCUT2D eigenvalue weighted by Gasteiger charge is -2.04. The van der Waals surface area contributed by atoms with Gasteiger partial charge in [0, 0.05) is 10.1 Å². The van der Waals surface area contributed by atoms with Crippen molar-refractivity contribution in [2.24, 2.45) is 0 Å². The van der Waals surface area contributed by atoms with Gasteiger partial charge in [0.25, 0.3) is 0 Å². The second-order valence-corrected chi connectivity index (χ2v) is 6.00. The maximum Gasteiger partial charge on any atom is 0.350 e. The van der Waals surface area contributed by atoms with Gasteiger partial charge in [-0.3, -0.25) is 0 Å². The molecule has 0 aliphatic carbocycles. The van der Waals surface area contributed by atoms with Crippen molar-refractivity contribution in [1.82, 2.24) is 0 Å². The molecule has 22 heavy (non-hydrogen) atoms. The van der Waals surface area contributed by atoms with Crippen molar-refractivity contribution in [1.29, 1.82) is 0 Å². The van der Waals surface area contributed by atoms with E-state index < -0.39 is 17.6 Å². The van der Waals surface area contributed by atoms with Crippen LogP contribution in [-0.4, -0.2) is 5.97 Å². The second-order valence-electron chi connectivity index (χ2n) is 4.57. The standard InChI is InChI=1S/C16H9ClF2O2S/c17-14-10-3-1-2-4-13(10)22-15(14)16(20)21-8-9-5-6-11(18)12(19)7-9/h1-7H,8H2. The Kier molecular flexibility index (Phi) is 4.09. The lowest BCUT2D eigenvalue weighted by Crippen LogP contribution is -2.04. The second kappa shape index (κ2) is 6.02. The number of thiophene rings is 1. The van der Waals surface area contributed by atoms with Gasteiger partial charge in [-0.05, 0) is 23.8 Å². The maximum absolute atomic E-state index is 13.1. The first-order valence-corrected chi connectivity index (χ1v) is 7.54. The van der Waals surface area contributed by atoms with Crippen molar-refractivity contribution in [2.75, 3.05) is 0 Å². The first-order valence-electron chi connectivity index (χ1n) is 6.34. The van der Waals surface area contributed by atoms with E-state index in [0.29, 0.717) is 15.5 Å². The summed E-state index contributed by atoms with van der Waals surface area (Å²) in [6, 6.07) is 10.7. The maximum atomic E-state index is 13.1. The highest BCUT2D eigenvalue weighted by Crippen LogP contribution is 2.35. The quantitative estimate of drug-likeness (QED) is 0.614. The number of esters is 1. The van der Waals surface area contributed by atoms with E-state index in [1.54, 1.807) is 0 Å². The van der Waals surface area contributed by atoms with Crippen LogP contribution < -0.4 is 0 Å². The summed E-state index contributed by atoms with van der Waals surface area (Å²) in [7, 11) is 0. The highest BCUT2D eigenvalue weighted by atomic mass is 35.5. The topological polar surface area (TPSA) is 26.3 Å². The average molecular weight is 339 g/mol. The van der Waals surface area contributed by atoms with E-state index in [2.05, 4.69) is 0 Å². The SMILES string of the molecule is O=C(OCc1ccc(F)c(F)c1)c1sc2ccccc2c1Cl. The fourth-order valence-corrected chi connectivity index (χ4v) is 3.39. The van der Waals surface area contributed by atoms with Crippen molar-refractivity contribution in [3.8, 4) is 0 Å². The van der Waals surface area contributed by atoms with Crippen LogP contribution in [0.15, 0.2) is 42.5 Å². The molecule has 6 heteroatoms. The predicted octanol–water partition coefficient (Wildman–Crippen LogP) is 5.19. The first kappa shape index (κ1) is 14.9. The van der Waals surface area contributed by atoms with Gasteiger partial charge in [0.15, 0.2) is 11.6 Å². The lowest BCUT2D eigenvalue weighted by atomic mass is 10.2. The van der Waals surface area contributed by atoms with Crippen LogP contribution in [0.3, 0.4) is 0 Å². The van der Waals surface area contributed by atoms with E-state index in [1.807, 2.05) is 24.3 Å². The molecule has 3 aromatic rings. The monoisotopic (exact) mass is 338 g/mol. The summed E-state index contributed by atoms with van der Waals surface area (Å²) < 4.78 is 31.9. The number of rotatable bonds is 3. The number of halogens is 3. The highest BCUT2D eigenvalue weighted by Gasteiger charge is 2.18. The summed E-state index contributed by atoms with van der Waals surface area (Å²) in [5.74, 6) is -2.51. The number of carbonyl (C=O) groups is 1. The molecular weight excluding hydrogens is 330 g/mol. The smallest absolute Gasteiger partial charge is 0.350 e. The van der Waals surface area contributed by atoms with E-state index in [-0.39, 0.29) is 6.61 Å². The summed E-state index contributed by atoms with van der Waals surface area (Å²) in [6.45, 7) is -0.152. The molecule has 0 saturated heterocycles. The Balaban J connectivity index is 1.78. The molecule has 0 saturated carbocycles. The molecule has 0 radical (unpaired) electrons. The number of carbonyl (C=O) groups excluding carboxylic acids is 1. The van der Waals surface area contributed by atoms with Crippen LogP contribution in [0.2, 0.25) is 5.02 Å². The Hall–Kier alpha value is -1.98. The van der Waals surface area contributed by atoms with Gasteiger partial charge in [0.2, 0.25) is 0 Å². The zero-order valence-electron chi connectivity index (χ0n) is 11.1. The molecule has 3 rings (SSSR count). The lowest BCUT2D eigenvalue weighted by molar-refractivity contribution is 0.0478. The van der Waals surface area contributed by atoms with Crippen molar-refractivity contribution < 1.29 is 18.3 Å². The van der Waals surface area contributed by atoms with E-state index in [0.717, 1.165) is 22.2 Å². The highest BCUT2D eigenvalue weighted by molar-refractivity contribution is 7.21. The van der Waals surface area contributed by atoms with Gasteiger partial charge in [-0.25, -0.2) is 13.6 Å². The molecular formula is C16H9ClF2O2S. The molecule has 0 spiro atoms. The minimum atomic E-state index is -0.978. The zero-order chi connectivity index (χ0) is 15.7. The molecule has 0 fully saturated rings. The van der Waals surface area contributed by atoms with Gasteiger partial charge in [-0.15, -0.1) is 11.3 Å². The molecule has 2 nitrogen and oxygen atoms in total. The molecule has 0 bridgehead atoms. The van der Waals surface area contributed by atoms with Crippen LogP contribution in [0.25, 0.3) is 10.1 Å². The first-order chi connectivity index (χ1) is 10.6. The normalized spacial score (nSPS) is 10.9.